The van der Waals surface area contributed by atoms with E-state index in [0.717, 1.165) is 0 Å². The molecule has 0 heterocycles. The lowest BCUT2D eigenvalue weighted by atomic mass is 10.2. The molecule has 6 heteroatoms. The highest BCUT2D eigenvalue weighted by molar-refractivity contribution is 5.71. The Morgan fingerprint density at radius 2 is 1.94 bits per heavy atom. The largest absolute Gasteiger partial charge is 0.481 e. The number of ether oxygens (including phenoxy) is 2. The van der Waals surface area contributed by atoms with Crippen molar-refractivity contribution in [1.29, 1.82) is 0 Å². The predicted octanol–water partition coefficient (Wildman–Crippen LogP) is 1.00. The van der Waals surface area contributed by atoms with Crippen LogP contribution in [0.25, 0.3) is 0 Å². The molecule has 1 amide bonds. The van der Waals surface area contributed by atoms with Gasteiger partial charge < -0.3 is 19.9 Å². The molecule has 0 bridgehead atoms. The van der Waals surface area contributed by atoms with Crippen LogP contribution in [0.3, 0.4) is 0 Å². The predicted molar refractivity (Wildman–Crippen MR) is 57.3 cm³/mol. The van der Waals surface area contributed by atoms with Crippen LogP contribution >= 0.6 is 0 Å². The number of nitrogens with one attached hydrogen (secondary N) is 1. The molecule has 0 spiro atoms. The van der Waals surface area contributed by atoms with Crippen LogP contribution in [-0.2, 0) is 14.3 Å². The third-order valence-corrected chi connectivity index (χ3v) is 1.51. The summed E-state index contributed by atoms with van der Waals surface area (Å²) in [7, 11) is 1.44. The number of rotatable bonds is 5. The van der Waals surface area contributed by atoms with Crippen molar-refractivity contribution in [2.24, 2.45) is 0 Å². The zero-order valence-electron chi connectivity index (χ0n) is 10.1. The highest BCUT2D eigenvalue weighted by atomic mass is 16.6. The fourth-order valence-corrected chi connectivity index (χ4v) is 1.04. The summed E-state index contributed by atoms with van der Waals surface area (Å²) in [5.74, 6) is -1.00. The van der Waals surface area contributed by atoms with E-state index >= 15 is 0 Å². The topological polar surface area (TPSA) is 84.9 Å². The van der Waals surface area contributed by atoms with Gasteiger partial charge in [-0.3, -0.25) is 4.79 Å². The second kappa shape index (κ2) is 6.32. The number of methoxy groups -OCH3 is 1. The number of carbonyl (C=O) groups excluding carboxylic acids is 1. The molecular weight excluding hydrogens is 214 g/mol. The highest BCUT2D eigenvalue weighted by Gasteiger charge is 2.20. The van der Waals surface area contributed by atoms with Gasteiger partial charge in [-0.1, -0.05) is 0 Å². The average molecular weight is 233 g/mol. The molecule has 0 aliphatic heterocycles. The van der Waals surface area contributed by atoms with Crippen molar-refractivity contribution < 1.29 is 24.2 Å². The maximum absolute atomic E-state index is 11.3. The van der Waals surface area contributed by atoms with Crippen molar-refractivity contribution in [3.63, 3.8) is 0 Å². The molecule has 0 rings (SSSR count). The summed E-state index contributed by atoms with van der Waals surface area (Å²) in [6, 6.07) is -0.586. The number of aliphatic carboxylic acids is 1. The molecule has 0 aliphatic rings. The van der Waals surface area contributed by atoms with E-state index < -0.39 is 23.7 Å². The number of amides is 1. The van der Waals surface area contributed by atoms with Gasteiger partial charge in [0.1, 0.15) is 5.60 Å². The van der Waals surface area contributed by atoms with E-state index in [1.807, 2.05) is 0 Å². The number of hydrogen-bond acceptors (Lipinski definition) is 4. The Labute approximate surface area is 94.9 Å². The third kappa shape index (κ3) is 8.05. The molecular formula is C10H19NO5. The van der Waals surface area contributed by atoms with Crippen LogP contribution < -0.4 is 5.32 Å². The highest BCUT2D eigenvalue weighted by Crippen LogP contribution is 2.07. The minimum Gasteiger partial charge on any atom is -0.481 e. The van der Waals surface area contributed by atoms with Crippen molar-refractivity contribution in [3.8, 4) is 0 Å². The van der Waals surface area contributed by atoms with Crippen LogP contribution in [0.4, 0.5) is 4.79 Å². The zero-order valence-corrected chi connectivity index (χ0v) is 10.1. The monoisotopic (exact) mass is 233 g/mol. The standard InChI is InChI=1S/C10H19NO5/c1-10(2,3)16-9(14)11-7(6-15-4)5-8(12)13/h7H,5-6H2,1-4H3,(H,11,14)(H,12,13). The van der Waals surface area contributed by atoms with E-state index in [1.54, 1.807) is 20.8 Å². The summed E-state index contributed by atoms with van der Waals surface area (Å²) in [5.41, 5.74) is -0.606. The van der Waals surface area contributed by atoms with Gasteiger partial charge in [0, 0.05) is 7.11 Å². The van der Waals surface area contributed by atoms with Crippen molar-refractivity contribution in [2.45, 2.75) is 38.8 Å². The molecule has 0 aliphatic carbocycles. The van der Waals surface area contributed by atoms with Gasteiger partial charge in [-0.15, -0.1) is 0 Å². The van der Waals surface area contributed by atoms with Crippen molar-refractivity contribution in [1.82, 2.24) is 5.32 Å². The summed E-state index contributed by atoms with van der Waals surface area (Å²) in [4.78, 5) is 21.8. The molecule has 0 saturated heterocycles. The number of carbonyl (C=O) groups is 2. The van der Waals surface area contributed by atoms with E-state index in [1.165, 1.54) is 7.11 Å². The normalized spacial score (nSPS) is 13.0. The zero-order chi connectivity index (χ0) is 12.8. The van der Waals surface area contributed by atoms with Gasteiger partial charge in [-0.05, 0) is 20.8 Å². The fourth-order valence-electron chi connectivity index (χ4n) is 1.04. The molecule has 6 nitrogen and oxygen atoms in total. The number of carboxylic acids is 1. The molecule has 2 N–H and O–H groups in total. The van der Waals surface area contributed by atoms with Gasteiger partial charge in [-0.25, -0.2) is 4.79 Å². The molecule has 0 fully saturated rings. The lowest BCUT2D eigenvalue weighted by Gasteiger charge is -2.22. The maximum atomic E-state index is 11.3. The number of hydrogen-bond donors (Lipinski definition) is 2. The summed E-state index contributed by atoms with van der Waals surface area (Å²) in [5, 5.41) is 11.0. The molecule has 16 heavy (non-hydrogen) atoms. The molecule has 0 aromatic heterocycles. The molecule has 0 radical (unpaired) electrons. The number of carboxylic acid groups (broad SMARTS) is 1. The van der Waals surface area contributed by atoms with Crippen molar-refractivity contribution in [3.05, 3.63) is 0 Å². The first-order valence-electron chi connectivity index (χ1n) is 4.95. The minimum absolute atomic E-state index is 0.130. The smallest absolute Gasteiger partial charge is 0.407 e. The molecule has 1 unspecified atom stereocenters. The van der Waals surface area contributed by atoms with Crippen molar-refractivity contribution in [2.75, 3.05) is 13.7 Å². The van der Waals surface area contributed by atoms with Crippen LogP contribution in [0.2, 0.25) is 0 Å². The molecule has 0 aromatic rings. The lowest BCUT2D eigenvalue weighted by Crippen LogP contribution is -2.42. The van der Waals surface area contributed by atoms with Crippen LogP contribution in [0.15, 0.2) is 0 Å². The van der Waals surface area contributed by atoms with E-state index in [9.17, 15) is 9.59 Å². The van der Waals surface area contributed by atoms with Crippen molar-refractivity contribution >= 4 is 12.1 Å². The van der Waals surface area contributed by atoms with Gasteiger partial charge in [0.25, 0.3) is 0 Å². The van der Waals surface area contributed by atoms with Gasteiger partial charge in [0.05, 0.1) is 19.1 Å². The SMILES string of the molecule is COCC(CC(=O)O)NC(=O)OC(C)(C)C. The third-order valence-electron chi connectivity index (χ3n) is 1.51. The van der Waals surface area contributed by atoms with Gasteiger partial charge in [-0.2, -0.15) is 0 Å². The Balaban J connectivity index is 4.17. The first-order valence-corrected chi connectivity index (χ1v) is 4.95. The Kier molecular flexibility index (Phi) is 5.81. The average Bonchev–Trinajstić information content (AvgIpc) is 1.98. The summed E-state index contributed by atoms with van der Waals surface area (Å²) in [6.45, 7) is 5.32. The molecule has 0 aromatic carbocycles. The first kappa shape index (κ1) is 14.7. The van der Waals surface area contributed by atoms with Crippen LogP contribution in [0.5, 0.6) is 0 Å². The summed E-state index contributed by atoms with van der Waals surface area (Å²) < 4.78 is 9.80. The lowest BCUT2D eigenvalue weighted by molar-refractivity contribution is -0.137. The Hall–Kier alpha value is -1.30. The molecule has 0 saturated carbocycles. The molecule has 1 atom stereocenters. The number of alkyl carbamates (subject to hydrolysis) is 1. The van der Waals surface area contributed by atoms with E-state index in [2.05, 4.69) is 5.32 Å². The van der Waals surface area contributed by atoms with Gasteiger partial charge >= 0.3 is 12.1 Å². The first-order chi connectivity index (χ1) is 7.24. The summed E-state index contributed by atoms with van der Waals surface area (Å²) in [6.07, 6.45) is -0.844. The molecule has 94 valence electrons. The Morgan fingerprint density at radius 3 is 2.31 bits per heavy atom. The van der Waals surface area contributed by atoms with Crippen LogP contribution in [0, 0.1) is 0 Å². The Bertz CT molecular complexity index is 246. The summed E-state index contributed by atoms with van der Waals surface area (Å²) >= 11 is 0. The quantitative estimate of drug-likeness (QED) is 0.740. The van der Waals surface area contributed by atoms with Crippen LogP contribution in [0.1, 0.15) is 27.2 Å². The van der Waals surface area contributed by atoms with E-state index in [0.29, 0.717) is 0 Å². The Morgan fingerprint density at radius 1 is 1.38 bits per heavy atom. The maximum Gasteiger partial charge on any atom is 0.407 e. The second-order valence-electron chi connectivity index (χ2n) is 4.40. The van der Waals surface area contributed by atoms with E-state index in [4.69, 9.17) is 14.6 Å². The van der Waals surface area contributed by atoms with E-state index in [-0.39, 0.29) is 13.0 Å². The van der Waals surface area contributed by atoms with Crippen LogP contribution in [-0.4, -0.2) is 42.5 Å². The second-order valence-corrected chi connectivity index (χ2v) is 4.40. The van der Waals surface area contributed by atoms with Gasteiger partial charge in [0.15, 0.2) is 0 Å². The fraction of sp³-hybridized carbons (Fsp3) is 0.800. The van der Waals surface area contributed by atoms with Gasteiger partial charge in [0.2, 0.25) is 0 Å². The minimum atomic E-state index is -1.00.